The van der Waals surface area contributed by atoms with Crippen LogP contribution in [0.15, 0.2) is 34.8 Å². The molecule has 0 spiro atoms. The largest absolute Gasteiger partial charge is 0.343 e. The Morgan fingerprint density at radius 2 is 2.16 bits per heavy atom. The number of amides is 1. The van der Waals surface area contributed by atoms with E-state index < -0.39 is 16.1 Å². The Hall–Kier alpha value is -2.30. The number of likely N-dealkylation sites (N-methyl/N-ethyl adjacent to an activating group) is 1. The smallest absolute Gasteiger partial charge is 0.253 e. The lowest BCUT2D eigenvalue weighted by atomic mass is 10.2. The van der Waals surface area contributed by atoms with Crippen LogP contribution < -0.4 is 5.32 Å². The first-order chi connectivity index (χ1) is 11.9. The van der Waals surface area contributed by atoms with Gasteiger partial charge in [-0.1, -0.05) is 0 Å². The summed E-state index contributed by atoms with van der Waals surface area (Å²) in [7, 11) is -0.175. The van der Waals surface area contributed by atoms with E-state index in [1.54, 1.807) is 35.4 Å². The van der Waals surface area contributed by atoms with Gasteiger partial charge in [0.1, 0.15) is 5.52 Å². The van der Waals surface area contributed by atoms with E-state index >= 15 is 0 Å². The fourth-order valence-electron chi connectivity index (χ4n) is 2.89. The number of nitrogens with one attached hydrogen (secondary N) is 1. The molecule has 10 heteroatoms. The summed E-state index contributed by atoms with van der Waals surface area (Å²) in [6.07, 6.45) is 3.13. The summed E-state index contributed by atoms with van der Waals surface area (Å²) in [6, 6.07) is 2.91. The average Bonchev–Trinajstić information content (AvgIpc) is 3.21. The standard InChI is InChI=1S/C15H15N5O3S2/c1-19-8-11(14-13(3-4-24-14)25(19,22)23)18-15(21)9-5-12-10(16-6-9)7-17-20(12)2/h3-7,11H,8H2,1-2H3,(H,18,21). The summed E-state index contributed by atoms with van der Waals surface area (Å²) in [5.74, 6) is -0.298. The molecule has 0 saturated heterocycles. The molecule has 1 unspecified atom stereocenters. The molecule has 0 bridgehead atoms. The van der Waals surface area contributed by atoms with E-state index in [-0.39, 0.29) is 17.3 Å². The lowest BCUT2D eigenvalue weighted by Crippen LogP contribution is -2.42. The van der Waals surface area contributed by atoms with E-state index in [2.05, 4.69) is 15.4 Å². The van der Waals surface area contributed by atoms with Crippen LogP contribution in [0.1, 0.15) is 21.3 Å². The Morgan fingerprint density at radius 1 is 1.36 bits per heavy atom. The van der Waals surface area contributed by atoms with Crippen LogP contribution in [-0.2, 0) is 17.1 Å². The molecule has 0 saturated carbocycles. The minimum Gasteiger partial charge on any atom is -0.343 e. The van der Waals surface area contributed by atoms with Crippen molar-refractivity contribution in [3.63, 3.8) is 0 Å². The van der Waals surface area contributed by atoms with Crippen molar-refractivity contribution in [2.75, 3.05) is 13.6 Å². The van der Waals surface area contributed by atoms with Gasteiger partial charge in [-0.25, -0.2) is 8.42 Å². The van der Waals surface area contributed by atoms with Crippen molar-refractivity contribution >= 4 is 38.3 Å². The first-order valence-corrected chi connectivity index (χ1v) is 9.82. The molecule has 1 atom stereocenters. The maximum atomic E-state index is 12.6. The monoisotopic (exact) mass is 377 g/mol. The third-order valence-electron chi connectivity index (χ3n) is 4.27. The molecule has 130 valence electrons. The van der Waals surface area contributed by atoms with Gasteiger partial charge in [0, 0.05) is 31.7 Å². The SMILES string of the molecule is CN1CC(NC(=O)c2cnc3cnn(C)c3c2)c2sccc2S1(=O)=O. The molecule has 8 nitrogen and oxygen atoms in total. The zero-order chi connectivity index (χ0) is 17.8. The molecule has 25 heavy (non-hydrogen) atoms. The molecular formula is C15H15N5O3S2. The predicted octanol–water partition coefficient (Wildman–Crippen LogP) is 1.13. The number of rotatable bonds is 2. The Balaban J connectivity index is 1.65. The van der Waals surface area contributed by atoms with Gasteiger partial charge in [0.2, 0.25) is 10.0 Å². The maximum Gasteiger partial charge on any atom is 0.253 e. The highest BCUT2D eigenvalue weighted by Gasteiger charge is 2.36. The molecule has 0 aliphatic carbocycles. The van der Waals surface area contributed by atoms with Crippen molar-refractivity contribution in [2.24, 2.45) is 7.05 Å². The quantitative estimate of drug-likeness (QED) is 0.722. The van der Waals surface area contributed by atoms with Crippen LogP contribution in [0.25, 0.3) is 11.0 Å². The van der Waals surface area contributed by atoms with Crippen molar-refractivity contribution in [3.05, 3.63) is 40.3 Å². The Morgan fingerprint density at radius 3 is 2.96 bits per heavy atom. The van der Waals surface area contributed by atoms with Gasteiger partial charge in [0.25, 0.3) is 5.91 Å². The van der Waals surface area contributed by atoms with Gasteiger partial charge in [0.05, 0.1) is 28.2 Å². The molecule has 4 heterocycles. The number of hydrogen-bond acceptors (Lipinski definition) is 6. The molecule has 1 aliphatic heterocycles. The van der Waals surface area contributed by atoms with Crippen LogP contribution in [0, 0.1) is 0 Å². The number of hydrogen-bond donors (Lipinski definition) is 1. The molecular weight excluding hydrogens is 362 g/mol. The lowest BCUT2D eigenvalue weighted by molar-refractivity contribution is 0.0931. The van der Waals surface area contributed by atoms with Crippen LogP contribution in [0.3, 0.4) is 0 Å². The van der Waals surface area contributed by atoms with Gasteiger partial charge in [-0.05, 0) is 17.5 Å². The molecule has 1 amide bonds. The molecule has 3 aromatic heterocycles. The molecule has 0 fully saturated rings. The summed E-state index contributed by atoms with van der Waals surface area (Å²) < 4.78 is 27.6. The summed E-state index contributed by atoms with van der Waals surface area (Å²) in [4.78, 5) is 17.8. The van der Waals surface area contributed by atoms with Crippen LogP contribution in [-0.4, -0.2) is 47.0 Å². The Kier molecular flexibility index (Phi) is 3.63. The van der Waals surface area contributed by atoms with E-state index in [0.717, 1.165) is 5.52 Å². The highest BCUT2D eigenvalue weighted by molar-refractivity contribution is 7.89. The van der Waals surface area contributed by atoms with Crippen LogP contribution in [0.4, 0.5) is 0 Å². The van der Waals surface area contributed by atoms with Crippen molar-refractivity contribution < 1.29 is 13.2 Å². The van der Waals surface area contributed by atoms with E-state index in [1.165, 1.54) is 28.9 Å². The van der Waals surface area contributed by atoms with Crippen molar-refractivity contribution in [3.8, 4) is 0 Å². The van der Waals surface area contributed by atoms with Crippen LogP contribution in [0.5, 0.6) is 0 Å². The summed E-state index contributed by atoms with van der Waals surface area (Å²) in [5, 5.41) is 8.76. The van der Waals surface area contributed by atoms with E-state index in [1.807, 2.05) is 0 Å². The summed E-state index contributed by atoms with van der Waals surface area (Å²) in [6.45, 7) is 0.197. The lowest BCUT2D eigenvalue weighted by Gasteiger charge is -2.29. The maximum absolute atomic E-state index is 12.6. The second-order valence-electron chi connectivity index (χ2n) is 5.86. The van der Waals surface area contributed by atoms with Crippen LogP contribution >= 0.6 is 11.3 Å². The van der Waals surface area contributed by atoms with E-state index in [0.29, 0.717) is 16.0 Å². The fourth-order valence-corrected chi connectivity index (χ4v) is 5.58. The van der Waals surface area contributed by atoms with Crippen molar-refractivity contribution in [1.29, 1.82) is 0 Å². The Bertz CT molecular complexity index is 1090. The topological polar surface area (TPSA) is 97.2 Å². The summed E-state index contributed by atoms with van der Waals surface area (Å²) in [5.41, 5.74) is 1.88. The highest BCUT2D eigenvalue weighted by atomic mass is 32.2. The molecule has 0 radical (unpaired) electrons. The number of aromatic nitrogens is 3. The molecule has 3 aromatic rings. The predicted molar refractivity (Wildman–Crippen MR) is 92.9 cm³/mol. The van der Waals surface area contributed by atoms with Crippen LogP contribution in [0.2, 0.25) is 0 Å². The number of carbonyl (C=O) groups is 1. The zero-order valence-corrected chi connectivity index (χ0v) is 15.1. The van der Waals surface area contributed by atoms with Crippen molar-refractivity contribution in [2.45, 2.75) is 10.9 Å². The zero-order valence-electron chi connectivity index (χ0n) is 13.5. The van der Waals surface area contributed by atoms with E-state index in [4.69, 9.17) is 0 Å². The number of nitrogens with zero attached hydrogens (tertiary/aromatic N) is 4. The van der Waals surface area contributed by atoms with Gasteiger partial charge in [-0.2, -0.15) is 9.40 Å². The number of thiophene rings is 1. The first-order valence-electron chi connectivity index (χ1n) is 7.50. The fraction of sp³-hybridized carbons (Fsp3) is 0.267. The number of carbonyl (C=O) groups excluding carboxylic acids is 1. The number of aryl methyl sites for hydroxylation is 1. The minimum atomic E-state index is -3.47. The highest BCUT2D eigenvalue weighted by Crippen LogP contribution is 2.35. The molecule has 4 rings (SSSR count). The van der Waals surface area contributed by atoms with Gasteiger partial charge >= 0.3 is 0 Å². The van der Waals surface area contributed by atoms with Gasteiger partial charge in [-0.15, -0.1) is 11.3 Å². The third kappa shape index (κ3) is 2.53. The van der Waals surface area contributed by atoms with Gasteiger partial charge < -0.3 is 5.32 Å². The van der Waals surface area contributed by atoms with Gasteiger partial charge in [-0.3, -0.25) is 14.5 Å². The number of sulfonamides is 1. The number of pyridine rings is 1. The Labute approximate surface area is 148 Å². The van der Waals surface area contributed by atoms with Crippen molar-refractivity contribution in [1.82, 2.24) is 24.4 Å². The summed E-state index contributed by atoms with van der Waals surface area (Å²) >= 11 is 1.33. The molecule has 1 N–H and O–H groups in total. The average molecular weight is 377 g/mol. The van der Waals surface area contributed by atoms with E-state index in [9.17, 15) is 13.2 Å². The van der Waals surface area contributed by atoms with Gasteiger partial charge in [0.15, 0.2) is 0 Å². The number of fused-ring (bicyclic) bond motifs is 2. The minimum absolute atomic E-state index is 0.197. The second kappa shape index (κ2) is 5.61. The second-order valence-corrected chi connectivity index (χ2v) is 8.82. The normalized spacial score (nSPS) is 19.7. The first kappa shape index (κ1) is 16.2. The molecule has 1 aliphatic rings. The molecule has 0 aromatic carbocycles. The third-order valence-corrected chi connectivity index (χ3v) is 7.31.